The van der Waals surface area contributed by atoms with Gasteiger partial charge in [0.05, 0.1) is 33.4 Å². The van der Waals surface area contributed by atoms with Crippen LogP contribution >= 0.6 is 0 Å². The average Bonchev–Trinajstić information content (AvgIpc) is 3.82. The van der Waals surface area contributed by atoms with E-state index in [1.165, 1.54) is 110 Å². The molecule has 0 aliphatic heterocycles. The minimum atomic E-state index is 1.20. The first-order valence-corrected chi connectivity index (χ1v) is 17.4. The molecule has 2 nitrogen and oxygen atoms in total. The third kappa shape index (κ3) is 3.23. The quantitative estimate of drug-likeness (QED) is 0.179. The number of fused-ring (bicyclic) bond motifs is 13. The summed E-state index contributed by atoms with van der Waals surface area (Å²) in [5.74, 6) is 0. The molecule has 50 heavy (non-hydrogen) atoms. The molecule has 0 amide bonds. The third-order valence-corrected chi connectivity index (χ3v) is 11.2. The number of hydrogen-bond acceptors (Lipinski definition) is 0. The highest BCUT2D eigenvalue weighted by atomic mass is 15.0. The molecule has 230 valence electrons. The maximum absolute atomic E-state index is 2.55. The molecule has 2 heterocycles. The molecule has 1 aliphatic carbocycles. The number of aromatic nitrogens is 2. The SMILES string of the molecule is c1cc2c(c(-n3c4ccccc4c4c3ccc3c5c6ccccc6ccc5n(-c5cccc6ccccc56)c34)c1)-c1cccc3cccc-2c13. The maximum Gasteiger partial charge on any atom is 0.0641 e. The Hall–Kier alpha value is -6.64. The van der Waals surface area contributed by atoms with Crippen LogP contribution in [0.3, 0.4) is 0 Å². The van der Waals surface area contributed by atoms with Crippen LogP contribution in [0, 0.1) is 0 Å². The molecule has 0 bridgehead atoms. The van der Waals surface area contributed by atoms with E-state index in [-0.39, 0.29) is 0 Å². The normalized spacial score (nSPS) is 12.4. The average molecular weight is 633 g/mol. The van der Waals surface area contributed by atoms with Crippen molar-refractivity contribution in [3.8, 4) is 33.6 Å². The topological polar surface area (TPSA) is 9.86 Å². The van der Waals surface area contributed by atoms with Gasteiger partial charge in [-0.3, -0.25) is 0 Å². The lowest BCUT2D eigenvalue weighted by molar-refractivity contribution is 1.18. The van der Waals surface area contributed by atoms with Gasteiger partial charge in [-0.15, -0.1) is 0 Å². The van der Waals surface area contributed by atoms with Gasteiger partial charge in [0, 0.05) is 32.5 Å². The summed E-state index contributed by atoms with van der Waals surface area (Å²) >= 11 is 0. The lowest BCUT2D eigenvalue weighted by atomic mass is 10.0. The highest BCUT2D eigenvalue weighted by Crippen LogP contribution is 2.51. The van der Waals surface area contributed by atoms with Gasteiger partial charge in [-0.25, -0.2) is 0 Å². The van der Waals surface area contributed by atoms with Gasteiger partial charge < -0.3 is 9.13 Å². The lowest BCUT2D eigenvalue weighted by Crippen LogP contribution is -1.98. The van der Waals surface area contributed by atoms with Crippen molar-refractivity contribution in [1.29, 1.82) is 0 Å². The summed E-state index contributed by atoms with van der Waals surface area (Å²) in [7, 11) is 0. The molecular weight excluding hydrogens is 605 g/mol. The van der Waals surface area contributed by atoms with Gasteiger partial charge in [0.15, 0.2) is 0 Å². The summed E-state index contributed by atoms with van der Waals surface area (Å²) < 4.78 is 5.07. The first-order valence-electron chi connectivity index (χ1n) is 17.4. The van der Waals surface area contributed by atoms with E-state index in [9.17, 15) is 0 Å². The molecule has 0 fully saturated rings. The third-order valence-electron chi connectivity index (χ3n) is 11.2. The van der Waals surface area contributed by atoms with E-state index >= 15 is 0 Å². The maximum atomic E-state index is 2.55. The fourth-order valence-corrected chi connectivity index (χ4v) is 9.25. The number of rotatable bonds is 2. The first kappa shape index (κ1) is 26.3. The first-order chi connectivity index (χ1) is 24.8. The minimum absolute atomic E-state index is 1.20. The molecule has 0 unspecified atom stereocenters. The molecule has 11 aromatic rings. The Balaban J connectivity index is 1.30. The second-order valence-corrected chi connectivity index (χ2v) is 13.6. The Morgan fingerprint density at radius 1 is 0.280 bits per heavy atom. The minimum Gasteiger partial charge on any atom is -0.309 e. The van der Waals surface area contributed by atoms with E-state index in [1.807, 2.05) is 0 Å². The Labute approximate surface area is 287 Å². The smallest absolute Gasteiger partial charge is 0.0641 e. The zero-order chi connectivity index (χ0) is 32.5. The van der Waals surface area contributed by atoms with Crippen LogP contribution in [0.5, 0.6) is 0 Å². The molecule has 2 heteroatoms. The van der Waals surface area contributed by atoms with Crippen LogP contribution in [-0.4, -0.2) is 9.13 Å². The van der Waals surface area contributed by atoms with Crippen molar-refractivity contribution in [2.45, 2.75) is 0 Å². The van der Waals surface area contributed by atoms with Crippen LogP contribution in [0.15, 0.2) is 170 Å². The summed E-state index contributed by atoms with van der Waals surface area (Å²) in [5.41, 5.74) is 12.6. The summed E-state index contributed by atoms with van der Waals surface area (Å²) in [6.07, 6.45) is 0. The molecule has 0 atom stereocenters. The van der Waals surface area contributed by atoms with Crippen molar-refractivity contribution < 1.29 is 0 Å². The highest BCUT2D eigenvalue weighted by Gasteiger charge is 2.27. The number of para-hydroxylation sites is 1. The molecular formula is C48H28N2. The van der Waals surface area contributed by atoms with Crippen LogP contribution in [0.25, 0.3) is 110 Å². The largest absolute Gasteiger partial charge is 0.309 e. The van der Waals surface area contributed by atoms with E-state index < -0.39 is 0 Å². The number of benzene rings is 9. The van der Waals surface area contributed by atoms with E-state index in [0.717, 1.165) is 0 Å². The Morgan fingerprint density at radius 3 is 1.76 bits per heavy atom. The molecule has 0 saturated heterocycles. The molecule has 0 spiro atoms. The van der Waals surface area contributed by atoms with E-state index in [2.05, 4.69) is 179 Å². The van der Waals surface area contributed by atoms with Gasteiger partial charge in [0.25, 0.3) is 0 Å². The highest BCUT2D eigenvalue weighted by molar-refractivity contribution is 6.31. The van der Waals surface area contributed by atoms with Crippen molar-refractivity contribution in [2.75, 3.05) is 0 Å². The fourth-order valence-electron chi connectivity index (χ4n) is 9.25. The molecule has 0 radical (unpaired) electrons. The van der Waals surface area contributed by atoms with Crippen LogP contribution in [0.2, 0.25) is 0 Å². The number of nitrogens with zero attached hydrogens (tertiary/aromatic N) is 2. The molecule has 0 saturated carbocycles. The Kier molecular flexibility index (Phi) is 5.00. The van der Waals surface area contributed by atoms with Gasteiger partial charge in [-0.05, 0) is 74.0 Å². The Bertz CT molecular complexity index is 3250. The fraction of sp³-hybridized carbons (Fsp3) is 0. The zero-order valence-electron chi connectivity index (χ0n) is 27.1. The lowest BCUT2D eigenvalue weighted by Gasteiger charge is -2.15. The van der Waals surface area contributed by atoms with Crippen molar-refractivity contribution >= 4 is 75.9 Å². The second-order valence-electron chi connectivity index (χ2n) is 13.6. The molecule has 9 aromatic carbocycles. The van der Waals surface area contributed by atoms with Gasteiger partial charge >= 0.3 is 0 Å². The summed E-state index contributed by atoms with van der Waals surface area (Å²) in [6.45, 7) is 0. The van der Waals surface area contributed by atoms with Crippen LogP contribution in [-0.2, 0) is 0 Å². The predicted molar refractivity (Wildman–Crippen MR) is 212 cm³/mol. The monoisotopic (exact) mass is 632 g/mol. The molecule has 2 aromatic heterocycles. The number of hydrogen-bond donors (Lipinski definition) is 0. The second kappa shape index (κ2) is 9.49. The van der Waals surface area contributed by atoms with Crippen molar-refractivity contribution in [3.63, 3.8) is 0 Å². The van der Waals surface area contributed by atoms with Crippen LogP contribution in [0.4, 0.5) is 0 Å². The van der Waals surface area contributed by atoms with Crippen molar-refractivity contribution in [1.82, 2.24) is 9.13 Å². The Morgan fingerprint density at radius 2 is 0.880 bits per heavy atom. The predicted octanol–water partition coefficient (Wildman–Crippen LogP) is 13.0. The van der Waals surface area contributed by atoms with E-state index in [1.54, 1.807) is 0 Å². The summed E-state index contributed by atoms with van der Waals surface area (Å²) in [5, 5.41) is 12.8. The van der Waals surface area contributed by atoms with Gasteiger partial charge in [-0.1, -0.05) is 140 Å². The summed E-state index contributed by atoms with van der Waals surface area (Å²) in [6, 6.07) is 62.9. The van der Waals surface area contributed by atoms with Gasteiger partial charge in [-0.2, -0.15) is 0 Å². The zero-order valence-corrected chi connectivity index (χ0v) is 27.1. The molecule has 0 N–H and O–H groups in total. The van der Waals surface area contributed by atoms with Gasteiger partial charge in [0.2, 0.25) is 0 Å². The molecule has 12 rings (SSSR count). The van der Waals surface area contributed by atoms with Crippen molar-refractivity contribution in [2.24, 2.45) is 0 Å². The summed E-state index contributed by atoms with van der Waals surface area (Å²) in [4.78, 5) is 0. The van der Waals surface area contributed by atoms with Crippen LogP contribution < -0.4 is 0 Å². The van der Waals surface area contributed by atoms with E-state index in [0.29, 0.717) is 0 Å². The standard InChI is InChI=1S/C48H28N2/c1-3-16-32-29(11-1)13-9-23-39(32)50-42-27-25-30-12-2-4-17-33(30)45(42)38-26-28-43-47(48(38)50)36-18-5-6-22-40(36)49(43)41-24-10-20-35-34-19-7-14-31-15-8-21-37(44(31)34)46(35)41/h1-28H. The van der Waals surface area contributed by atoms with Crippen molar-refractivity contribution in [3.05, 3.63) is 170 Å². The van der Waals surface area contributed by atoms with Crippen LogP contribution in [0.1, 0.15) is 0 Å². The van der Waals surface area contributed by atoms with E-state index in [4.69, 9.17) is 0 Å². The van der Waals surface area contributed by atoms with Gasteiger partial charge in [0.1, 0.15) is 0 Å². The molecule has 1 aliphatic rings.